The molecule has 0 bridgehead atoms. The number of likely N-dealkylation sites (N-methyl/N-ethyl adjacent to an activating group) is 1. The Balaban J connectivity index is 1.51. The minimum absolute atomic E-state index is 0.0215. The summed E-state index contributed by atoms with van der Waals surface area (Å²) in [4.78, 5) is 26.4. The van der Waals surface area contributed by atoms with E-state index in [0.717, 1.165) is 37.6 Å². The van der Waals surface area contributed by atoms with Crippen LogP contribution in [-0.2, 0) is 0 Å². The summed E-state index contributed by atoms with van der Waals surface area (Å²) in [5.74, 6) is 0.130. The number of fused-ring (bicyclic) bond motifs is 1. The summed E-state index contributed by atoms with van der Waals surface area (Å²) < 4.78 is 20.4. The van der Waals surface area contributed by atoms with Crippen molar-refractivity contribution in [3.8, 4) is 16.9 Å². The lowest BCUT2D eigenvalue weighted by atomic mass is 10.0. The number of ether oxygens (including phenoxy) is 1. The van der Waals surface area contributed by atoms with E-state index in [1.165, 1.54) is 23.5 Å². The van der Waals surface area contributed by atoms with E-state index in [-0.39, 0.29) is 11.9 Å². The third-order valence-corrected chi connectivity index (χ3v) is 7.36. The van der Waals surface area contributed by atoms with Gasteiger partial charge in [0.15, 0.2) is 0 Å². The zero-order valence-corrected chi connectivity index (χ0v) is 21.8. The third kappa shape index (κ3) is 5.35. The van der Waals surface area contributed by atoms with Crippen molar-refractivity contribution in [2.24, 2.45) is 5.73 Å². The summed E-state index contributed by atoms with van der Waals surface area (Å²) in [5, 5.41) is 3.29. The number of primary amides is 1. The molecule has 1 amide bonds. The Hall–Kier alpha value is -3.76. The van der Waals surface area contributed by atoms with Gasteiger partial charge in [-0.25, -0.2) is 14.4 Å². The molecule has 37 heavy (non-hydrogen) atoms. The van der Waals surface area contributed by atoms with Crippen molar-refractivity contribution < 1.29 is 13.9 Å². The van der Waals surface area contributed by atoms with Crippen LogP contribution in [0.1, 0.15) is 23.5 Å². The molecule has 0 saturated carbocycles. The first kappa shape index (κ1) is 24.9. The minimum atomic E-state index is -0.566. The van der Waals surface area contributed by atoms with Gasteiger partial charge in [0.25, 0.3) is 5.91 Å². The van der Waals surface area contributed by atoms with Crippen LogP contribution in [0.2, 0.25) is 0 Å². The Labute approximate surface area is 218 Å². The van der Waals surface area contributed by atoms with Crippen molar-refractivity contribution in [3.63, 3.8) is 0 Å². The molecule has 1 aliphatic rings. The van der Waals surface area contributed by atoms with Crippen molar-refractivity contribution >= 4 is 44.8 Å². The lowest BCUT2D eigenvalue weighted by molar-refractivity contribution is 0.100. The van der Waals surface area contributed by atoms with E-state index in [1.54, 1.807) is 18.3 Å². The molecule has 1 saturated heterocycles. The maximum absolute atomic E-state index is 13.6. The lowest BCUT2D eigenvalue weighted by Gasteiger charge is -2.34. The molecule has 0 unspecified atom stereocenters. The number of halogens is 1. The van der Waals surface area contributed by atoms with E-state index in [0.29, 0.717) is 37.9 Å². The molecular formula is C27H29FN6O2S. The molecule has 5 rings (SSSR count). The first-order valence-electron chi connectivity index (χ1n) is 12.1. The molecule has 1 fully saturated rings. The molecule has 2 aromatic carbocycles. The van der Waals surface area contributed by atoms with Gasteiger partial charge < -0.3 is 25.6 Å². The highest BCUT2D eigenvalue weighted by atomic mass is 32.1. The number of nitrogens with two attached hydrogens (primary N) is 1. The summed E-state index contributed by atoms with van der Waals surface area (Å²) in [5.41, 5.74) is 9.31. The molecule has 192 valence electrons. The van der Waals surface area contributed by atoms with Crippen molar-refractivity contribution in [2.45, 2.75) is 20.0 Å². The molecule has 3 heterocycles. The molecule has 10 heteroatoms. The monoisotopic (exact) mass is 520 g/mol. The molecule has 3 N–H and O–H groups in total. The summed E-state index contributed by atoms with van der Waals surface area (Å²) in [7, 11) is 2.13. The number of carbonyl (C=O) groups excluding carboxylic acids is 1. The molecule has 0 aliphatic carbocycles. The highest BCUT2D eigenvalue weighted by Gasteiger charge is 2.21. The molecule has 1 aliphatic heterocycles. The minimum Gasteiger partial charge on any atom is -0.489 e. The maximum atomic E-state index is 13.6. The number of benzene rings is 2. The van der Waals surface area contributed by atoms with Gasteiger partial charge in [-0.1, -0.05) is 12.1 Å². The van der Waals surface area contributed by atoms with Gasteiger partial charge in [-0.05, 0) is 50.7 Å². The van der Waals surface area contributed by atoms with E-state index in [4.69, 9.17) is 15.5 Å². The van der Waals surface area contributed by atoms with E-state index in [2.05, 4.69) is 33.2 Å². The summed E-state index contributed by atoms with van der Waals surface area (Å²) in [6.07, 6.45) is 1.64. The van der Waals surface area contributed by atoms with Crippen molar-refractivity contribution in [1.82, 2.24) is 14.9 Å². The number of thiophene rings is 1. The smallest absolute Gasteiger partial charge is 0.259 e. The first-order valence-corrected chi connectivity index (χ1v) is 13.0. The Morgan fingerprint density at radius 3 is 2.54 bits per heavy atom. The van der Waals surface area contributed by atoms with Gasteiger partial charge in [0, 0.05) is 43.5 Å². The second-order valence-corrected chi connectivity index (χ2v) is 10.4. The van der Waals surface area contributed by atoms with Crippen LogP contribution in [0, 0.1) is 5.82 Å². The SMILES string of the molecule is CC(C)Oc1cc(N2CCN(C)CC2)ccc1Nc1ncc2sc(C(N)=O)c(-c3ccc(F)cc3)c2n1. The van der Waals surface area contributed by atoms with Crippen LogP contribution < -0.4 is 20.7 Å². The Morgan fingerprint density at radius 2 is 1.86 bits per heavy atom. The van der Waals surface area contributed by atoms with Crippen LogP contribution in [0.5, 0.6) is 5.75 Å². The average Bonchev–Trinajstić information content (AvgIpc) is 3.25. The molecule has 0 radical (unpaired) electrons. The summed E-state index contributed by atoms with van der Waals surface area (Å²) in [6.45, 7) is 7.91. The number of anilines is 3. The second-order valence-electron chi connectivity index (χ2n) is 9.35. The van der Waals surface area contributed by atoms with Gasteiger partial charge in [-0.2, -0.15) is 0 Å². The van der Waals surface area contributed by atoms with Crippen molar-refractivity contribution in [2.75, 3.05) is 43.4 Å². The number of carbonyl (C=O) groups is 1. The predicted molar refractivity (Wildman–Crippen MR) is 147 cm³/mol. The second kappa shape index (κ2) is 10.3. The number of amides is 1. The molecule has 2 aromatic heterocycles. The number of nitrogens with zero attached hydrogens (tertiary/aromatic N) is 4. The fourth-order valence-corrected chi connectivity index (χ4v) is 5.35. The van der Waals surface area contributed by atoms with Gasteiger partial charge in [-0.3, -0.25) is 4.79 Å². The lowest BCUT2D eigenvalue weighted by Crippen LogP contribution is -2.44. The largest absolute Gasteiger partial charge is 0.489 e. The highest BCUT2D eigenvalue weighted by Crippen LogP contribution is 2.39. The van der Waals surface area contributed by atoms with Crippen molar-refractivity contribution in [1.29, 1.82) is 0 Å². The quantitative estimate of drug-likeness (QED) is 0.359. The number of hydrogen-bond acceptors (Lipinski definition) is 8. The van der Waals surface area contributed by atoms with E-state index in [9.17, 15) is 9.18 Å². The van der Waals surface area contributed by atoms with Crippen LogP contribution in [0.25, 0.3) is 21.3 Å². The van der Waals surface area contributed by atoms with Gasteiger partial charge in [0.05, 0.1) is 28.2 Å². The van der Waals surface area contributed by atoms with Gasteiger partial charge in [0.1, 0.15) is 16.4 Å². The van der Waals surface area contributed by atoms with Gasteiger partial charge in [0.2, 0.25) is 5.95 Å². The fourth-order valence-electron chi connectivity index (χ4n) is 4.36. The topological polar surface area (TPSA) is 96.6 Å². The number of aromatic nitrogens is 2. The maximum Gasteiger partial charge on any atom is 0.259 e. The van der Waals surface area contributed by atoms with Gasteiger partial charge >= 0.3 is 0 Å². The zero-order valence-electron chi connectivity index (χ0n) is 21.0. The Morgan fingerprint density at radius 1 is 1.14 bits per heavy atom. The standard InChI is InChI=1S/C27H29FN6O2S/c1-16(2)36-21-14-19(34-12-10-33(3)11-13-34)8-9-20(21)31-27-30-15-22-24(32-27)23(25(37-22)26(29)35)17-4-6-18(28)7-5-17/h4-9,14-16H,10-13H2,1-3H3,(H2,29,35)(H,30,31,32). The molecule has 0 atom stereocenters. The normalized spacial score (nSPS) is 14.4. The third-order valence-electron chi connectivity index (χ3n) is 6.23. The van der Waals surface area contributed by atoms with E-state index in [1.807, 2.05) is 26.0 Å². The summed E-state index contributed by atoms with van der Waals surface area (Å²) in [6, 6.07) is 12.0. The summed E-state index contributed by atoms with van der Waals surface area (Å²) >= 11 is 1.22. The Kier molecular flexibility index (Phi) is 6.94. The number of piperazine rings is 1. The first-order chi connectivity index (χ1) is 17.8. The zero-order chi connectivity index (χ0) is 26.1. The van der Waals surface area contributed by atoms with Crippen LogP contribution in [0.15, 0.2) is 48.7 Å². The Bertz CT molecular complexity index is 1430. The van der Waals surface area contributed by atoms with Gasteiger partial charge in [-0.15, -0.1) is 11.3 Å². The average molecular weight is 521 g/mol. The molecule has 8 nitrogen and oxygen atoms in total. The molecule has 0 spiro atoms. The molecule has 4 aromatic rings. The van der Waals surface area contributed by atoms with Crippen LogP contribution in [0.4, 0.5) is 21.7 Å². The van der Waals surface area contributed by atoms with Crippen LogP contribution >= 0.6 is 11.3 Å². The number of hydrogen-bond donors (Lipinski definition) is 2. The predicted octanol–water partition coefficient (Wildman–Crippen LogP) is 4.88. The number of rotatable bonds is 7. The van der Waals surface area contributed by atoms with Crippen LogP contribution in [-0.4, -0.2) is 60.1 Å². The van der Waals surface area contributed by atoms with Crippen molar-refractivity contribution in [3.05, 3.63) is 59.4 Å². The number of nitrogens with one attached hydrogen (secondary N) is 1. The van der Waals surface area contributed by atoms with Crippen LogP contribution in [0.3, 0.4) is 0 Å². The van der Waals surface area contributed by atoms with E-state index < -0.39 is 5.91 Å². The highest BCUT2D eigenvalue weighted by molar-refractivity contribution is 7.21. The van der Waals surface area contributed by atoms with E-state index >= 15 is 0 Å². The molecular weight excluding hydrogens is 491 g/mol. The fraction of sp³-hybridized carbons (Fsp3) is 0.296.